The van der Waals surface area contributed by atoms with Crippen LogP contribution in [0.5, 0.6) is 17.2 Å². The van der Waals surface area contributed by atoms with E-state index in [4.69, 9.17) is 37.4 Å². The number of hydrogen-bond donors (Lipinski definition) is 2. The first-order chi connectivity index (χ1) is 23.3. The second-order valence-corrected chi connectivity index (χ2v) is 13.9. The molecule has 49 heavy (non-hydrogen) atoms. The van der Waals surface area contributed by atoms with Gasteiger partial charge in [-0.05, 0) is 62.9 Å². The van der Waals surface area contributed by atoms with Crippen LogP contribution in [0.1, 0.15) is 65.9 Å². The summed E-state index contributed by atoms with van der Waals surface area (Å²) in [6.45, 7) is 5.56. The topological polar surface area (TPSA) is 155 Å². The van der Waals surface area contributed by atoms with Crippen LogP contribution in [0.15, 0.2) is 24.3 Å². The van der Waals surface area contributed by atoms with E-state index < -0.39 is 42.3 Å². The fourth-order valence-electron chi connectivity index (χ4n) is 6.92. The Morgan fingerprint density at radius 1 is 1.02 bits per heavy atom. The quantitative estimate of drug-likeness (QED) is 0.305. The summed E-state index contributed by atoms with van der Waals surface area (Å²) in [5.74, 6) is -4.65. The number of hydrogen-bond acceptors (Lipinski definition) is 10. The van der Waals surface area contributed by atoms with Crippen molar-refractivity contribution in [2.45, 2.75) is 63.0 Å². The number of likely N-dealkylation sites (N-methyl/N-ethyl adjacent to an activating group) is 1. The van der Waals surface area contributed by atoms with Gasteiger partial charge in [-0.3, -0.25) is 14.4 Å². The van der Waals surface area contributed by atoms with Crippen molar-refractivity contribution in [3.63, 3.8) is 0 Å². The number of aliphatic hydroxyl groups is 1. The molecule has 13 nitrogen and oxygen atoms in total. The van der Waals surface area contributed by atoms with Crippen LogP contribution in [0.3, 0.4) is 0 Å². The minimum atomic E-state index is -2.49. The number of piperidine rings is 1. The molecule has 262 valence electrons. The van der Waals surface area contributed by atoms with Gasteiger partial charge in [0.25, 0.3) is 5.91 Å². The van der Waals surface area contributed by atoms with Gasteiger partial charge in [-0.1, -0.05) is 29.3 Å². The standard InChI is InChI=1S/C34H38Cl2N4O9/c1-19-26-15-23(30-29(19)49-32(44)34(46,16-27(41)47-26)17-28(42)48-30)31(43)38(2)18-21(20-4-5-24(35)25(36)14-20)6-11-39-12-7-22(8-13-39)40-10-3-9-37-33(40)45/h4-5,14-15,21-22,46H,3,6-13,16-18H2,1-2H3,(H,37,45). The maximum atomic E-state index is 14.1. The van der Waals surface area contributed by atoms with Crippen LogP contribution < -0.4 is 19.5 Å². The molecule has 4 heterocycles. The molecule has 2 atom stereocenters. The van der Waals surface area contributed by atoms with Crippen LogP contribution in [0.2, 0.25) is 10.0 Å². The molecule has 0 aromatic heterocycles. The van der Waals surface area contributed by atoms with E-state index in [1.54, 1.807) is 19.2 Å². The average molecular weight is 718 g/mol. The molecule has 0 saturated carbocycles. The second kappa shape index (κ2) is 14.1. The normalized spacial score (nSPS) is 22.2. The van der Waals surface area contributed by atoms with E-state index in [0.29, 0.717) is 23.0 Å². The number of likely N-dealkylation sites (tertiary alicyclic amines) is 1. The Morgan fingerprint density at radius 3 is 2.43 bits per heavy atom. The number of ether oxygens (including phenoxy) is 3. The van der Waals surface area contributed by atoms with Crippen LogP contribution >= 0.6 is 23.2 Å². The summed E-state index contributed by atoms with van der Waals surface area (Å²) < 4.78 is 16.4. The summed E-state index contributed by atoms with van der Waals surface area (Å²) in [6, 6.07) is 6.85. The van der Waals surface area contributed by atoms with Gasteiger partial charge in [0.15, 0.2) is 17.1 Å². The van der Waals surface area contributed by atoms with Gasteiger partial charge >= 0.3 is 23.9 Å². The Hall–Kier alpha value is -3.91. The van der Waals surface area contributed by atoms with Crippen molar-refractivity contribution in [1.29, 1.82) is 0 Å². The zero-order valence-corrected chi connectivity index (χ0v) is 28.8. The molecule has 3 bridgehead atoms. The molecule has 0 aliphatic carbocycles. The van der Waals surface area contributed by atoms with E-state index in [-0.39, 0.29) is 52.9 Å². The summed E-state index contributed by atoms with van der Waals surface area (Å²) in [6.07, 6.45) is 1.63. The van der Waals surface area contributed by atoms with E-state index >= 15 is 0 Å². The second-order valence-electron chi connectivity index (χ2n) is 13.1. The highest BCUT2D eigenvalue weighted by atomic mass is 35.5. The van der Waals surface area contributed by atoms with Gasteiger partial charge in [-0.25, -0.2) is 9.59 Å². The fraction of sp³-hybridized carbons (Fsp3) is 0.500. The van der Waals surface area contributed by atoms with Crippen molar-refractivity contribution in [1.82, 2.24) is 20.0 Å². The lowest BCUT2D eigenvalue weighted by Gasteiger charge is -2.40. The van der Waals surface area contributed by atoms with E-state index in [0.717, 1.165) is 51.0 Å². The zero-order valence-electron chi connectivity index (χ0n) is 27.3. The van der Waals surface area contributed by atoms with E-state index in [9.17, 15) is 29.1 Å². The predicted octanol–water partition coefficient (Wildman–Crippen LogP) is 3.68. The SMILES string of the molecule is Cc1c2cc(C(=O)N(C)CC(CCN3CCC(N4CCCNC4=O)CC3)c3ccc(Cl)c(Cl)c3)c3c1OC(=O)C(O)(CC(=O)O2)CC(=O)O3. The molecule has 15 heteroatoms. The summed E-state index contributed by atoms with van der Waals surface area (Å²) in [7, 11) is 1.59. The van der Waals surface area contributed by atoms with Gasteiger partial charge in [0.1, 0.15) is 5.75 Å². The minimum absolute atomic E-state index is 0.00514. The predicted molar refractivity (Wildman–Crippen MR) is 177 cm³/mol. The number of rotatable bonds is 8. The van der Waals surface area contributed by atoms with Gasteiger partial charge in [-0.15, -0.1) is 0 Å². The maximum Gasteiger partial charge on any atom is 0.344 e. The highest BCUT2D eigenvalue weighted by Crippen LogP contribution is 2.45. The summed E-state index contributed by atoms with van der Waals surface area (Å²) >= 11 is 12.6. The minimum Gasteiger partial charge on any atom is -0.426 e. The van der Waals surface area contributed by atoms with Gasteiger partial charge in [-0.2, -0.15) is 0 Å². The molecule has 2 unspecified atom stereocenters. The molecule has 4 aliphatic heterocycles. The van der Waals surface area contributed by atoms with Crippen LogP contribution in [0.4, 0.5) is 4.79 Å². The number of urea groups is 1. The molecule has 2 aromatic rings. The number of halogens is 2. The molecule has 0 spiro atoms. The first-order valence-corrected chi connectivity index (χ1v) is 17.1. The first-order valence-electron chi connectivity index (χ1n) is 16.3. The van der Waals surface area contributed by atoms with Crippen molar-refractivity contribution in [2.24, 2.45) is 0 Å². The third-order valence-corrected chi connectivity index (χ3v) is 10.5. The molecule has 2 fully saturated rings. The monoisotopic (exact) mass is 716 g/mol. The molecule has 2 N–H and O–H groups in total. The Balaban J connectivity index is 1.23. The number of carbonyl (C=O) groups is 5. The van der Waals surface area contributed by atoms with E-state index in [2.05, 4.69) is 10.2 Å². The van der Waals surface area contributed by atoms with E-state index in [1.807, 2.05) is 11.0 Å². The first kappa shape index (κ1) is 34.9. The number of nitrogens with zero attached hydrogens (tertiary/aromatic N) is 3. The number of benzene rings is 2. The lowest BCUT2D eigenvalue weighted by Crippen LogP contribution is -2.54. The third kappa shape index (κ3) is 7.35. The molecule has 2 aromatic carbocycles. The largest absolute Gasteiger partial charge is 0.426 e. The number of carbonyl (C=O) groups excluding carboxylic acids is 5. The van der Waals surface area contributed by atoms with Crippen molar-refractivity contribution >= 4 is 53.0 Å². The number of esters is 3. The fourth-order valence-corrected chi connectivity index (χ4v) is 7.22. The zero-order chi connectivity index (χ0) is 35.0. The Morgan fingerprint density at radius 2 is 1.73 bits per heavy atom. The smallest absolute Gasteiger partial charge is 0.344 e. The number of fused-ring (bicyclic) bond motifs is 3. The molecular weight excluding hydrogens is 679 g/mol. The van der Waals surface area contributed by atoms with Crippen molar-refractivity contribution in [3.05, 3.63) is 51.0 Å². The molecule has 0 radical (unpaired) electrons. The molecule has 6 rings (SSSR count). The van der Waals surface area contributed by atoms with Gasteiger partial charge in [0.05, 0.1) is 28.5 Å². The lowest BCUT2D eigenvalue weighted by molar-refractivity contribution is -0.168. The van der Waals surface area contributed by atoms with E-state index in [1.165, 1.54) is 17.9 Å². The lowest BCUT2D eigenvalue weighted by atomic mass is 9.93. The summed E-state index contributed by atoms with van der Waals surface area (Å²) in [4.78, 5) is 70.8. The van der Waals surface area contributed by atoms with Crippen molar-refractivity contribution < 1.29 is 43.3 Å². The summed E-state index contributed by atoms with van der Waals surface area (Å²) in [5.41, 5.74) is -1.63. The number of nitrogens with one attached hydrogen (secondary N) is 1. The molecule has 4 aliphatic rings. The Bertz CT molecular complexity index is 1700. The van der Waals surface area contributed by atoms with Gasteiger partial charge in [0.2, 0.25) is 0 Å². The highest BCUT2D eigenvalue weighted by molar-refractivity contribution is 6.42. The average Bonchev–Trinajstić information content (AvgIpc) is 3.07. The highest BCUT2D eigenvalue weighted by Gasteiger charge is 2.48. The van der Waals surface area contributed by atoms with Crippen LogP contribution in [0.25, 0.3) is 0 Å². The van der Waals surface area contributed by atoms with Gasteiger partial charge in [0, 0.05) is 57.3 Å². The van der Waals surface area contributed by atoms with Crippen LogP contribution in [-0.4, -0.2) is 108 Å². The summed E-state index contributed by atoms with van der Waals surface area (Å²) in [5, 5.41) is 14.5. The molecule has 2 saturated heterocycles. The molecular formula is C34H38Cl2N4O9. The van der Waals surface area contributed by atoms with Crippen LogP contribution in [-0.2, 0) is 14.4 Å². The van der Waals surface area contributed by atoms with Crippen LogP contribution in [0, 0.1) is 6.92 Å². The van der Waals surface area contributed by atoms with Gasteiger partial charge < -0.3 is 39.3 Å². The molecule has 3 amide bonds. The Labute approximate surface area is 293 Å². The third-order valence-electron chi connectivity index (χ3n) is 9.72. The Kier molecular flexibility index (Phi) is 10.1. The maximum absolute atomic E-state index is 14.1. The number of amides is 3. The van der Waals surface area contributed by atoms with Crippen molar-refractivity contribution in [2.75, 3.05) is 46.3 Å². The van der Waals surface area contributed by atoms with Crippen molar-refractivity contribution in [3.8, 4) is 17.2 Å².